The van der Waals surface area contributed by atoms with E-state index in [-0.39, 0.29) is 6.61 Å². The number of fused-ring (bicyclic) bond motifs is 1. The van der Waals surface area contributed by atoms with Gasteiger partial charge in [-0.25, -0.2) is 9.36 Å². The van der Waals surface area contributed by atoms with E-state index in [1.54, 1.807) is 25.1 Å². The average Bonchev–Trinajstić information content (AvgIpc) is 2.94. The molecule has 0 aliphatic rings. The van der Waals surface area contributed by atoms with E-state index in [1.165, 1.54) is 10.6 Å². The van der Waals surface area contributed by atoms with Crippen LogP contribution in [0.3, 0.4) is 0 Å². The van der Waals surface area contributed by atoms with E-state index in [2.05, 4.69) is 0 Å². The van der Waals surface area contributed by atoms with Gasteiger partial charge in [-0.2, -0.15) is 5.26 Å². The molecule has 1 heterocycles. The Morgan fingerprint density at radius 1 is 1.28 bits per heavy atom. The van der Waals surface area contributed by atoms with Crippen molar-refractivity contribution in [2.45, 2.75) is 6.92 Å². The van der Waals surface area contributed by atoms with Gasteiger partial charge in [-0.3, -0.25) is 0 Å². The number of nitriles is 1. The summed E-state index contributed by atoms with van der Waals surface area (Å²) in [6, 6.07) is 16.9. The number of hydrogen-bond acceptors (Lipinski definition) is 3. The molecular formula is C20H15ClN2O2. The highest BCUT2D eigenvalue weighted by molar-refractivity contribution is 6.31. The number of aromatic nitrogens is 1. The number of allylic oxidation sites excluding steroid dienone is 1. The zero-order valence-electron chi connectivity index (χ0n) is 13.6. The summed E-state index contributed by atoms with van der Waals surface area (Å²) >= 11 is 6.15. The van der Waals surface area contributed by atoms with Crippen LogP contribution in [0.2, 0.25) is 5.02 Å². The number of benzene rings is 2. The third kappa shape index (κ3) is 3.15. The summed E-state index contributed by atoms with van der Waals surface area (Å²) in [5.41, 5.74) is 2.93. The van der Waals surface area contributed by atoms with E-state index in [1.807, 2.05) is 42.5 Å². The molecule has 0 aliphatic heterocycles. The molecule has 0 amide bonds. The van der Waals surface area contributed by atoms with Crippen LogP contribution in [0.4, 0.5) is 4.79 Å². The Morgan fingerprint density at radius 3 is 2.72 bits per heavy atom. The van der Waals surface area contributed by atoms with E-state index in [0.717, 1.165) is 16.5 Å². The molecule has 0 saturated carbocycles. The van der Waals surface area contributed by atoms with E-state index >= 15 is 0 Å². The fourth-order valence-electron chi connectivity index (χ4n) is 2.83. The highest BCUT2D eigenvalue weighted by Gasteiger charge is 2.22. The lowest BCUT2D eigenvalue weighted by molar-refractivity contribution is 0.155. The lowest BCUT2D eigenvalue weighted by Gasteiger charge is -2.10. The molecule has 0 bridgehead atoms. The second-order valence-electron chi connectivity index (χ2n) is 5.29. The number of carbonyl (C=O) groups is 1. The minimum Gasteiger partial charge on any atom is -0.449 e. The summed E-state index contributed by atoms with van der Waals surface area (Å²) < 4.78 is 6.76. The number of rotatable bonds is 3. The van der Waals surface area contributed by atoms with Crippen molar-refractivity contribution in [2.75, 3.05) is 6.61 Å². The highest BCUT2D eigenvalue weighted by atomic mass is 35.5. The molecule has 0 unspecified atom stereocenters. The highest BCUT2D eigenvalue weighted by Crippen LogP contribution is 2.36. The molecule has 0 aliphatic carbocycles. The minimum atomic E-state index is -0.481. The molecule has 0 saturated heterocycles. The molecule has 5 heteroatoms. The van der Waals surface area contributed by atoms with Crippen molar-refractivity contribution in [3.05, 3.63) is 65.2 Å². The van der Waals surface area contributed by atoms with E-state index < -0.39 is 6.09 Å². The molecular weight excluding hydrogens is 336 g/mol. The monoisotopic (exact) mass is 350 g/mol. The second-order valence-corrected chi connectivity index (χ2v) is 5.72. The van der Waals surface area contributed by atoms with Gasteiger partial charge in [-0.05, 0) is 30.7 Å². The maximum absolute atomic E-state index is 12.7. The van der Waals surface area contributed by atoms with Gasteiger partial charge in [-0.1, -0.05) is 48.0 Å². The van der Waals surface area contributed by atoms with Gasteiger partial charge >= 0.3 is 6.09 Å². The van der Waals surface area contributed by atoms with Crippen LogP contribution in [0.15, 0.2) is 54.6 Å². The van der Waals surface area contributed by atoms with Gasteiger partial charge in [0, 0.05) is 22.0 Å². The Labute approximate surface area is 150 Å². The molecule has 0 radical (unpaired) electrons. The summed E-state index contributed by atoms with van der Waals surface area (Å²) in [6.07, 6.45) is 2.62. The van der Waals surface area contributed by atoms with Gasteiger partial charge in [0.2, 0.25) is 0 Å². The SMILES string of the molecule is CCOC(=O)n1c(-c2ccccc2)c(/C=C/C#N)c2ccc(Cl)cc21. The number of carbonyl (C=O) groups excluding carboxylic acids is 1. The van der Waals surface area contributed by atoms with E-state index in [0.29, 0.717) is 16.2 Å². The van der Waals surface area contributed by atoms with Crippen molar-refractivity contribution in [1.82, 2.24) is 4.57 Å². The predicted molar refractivity (Wildman–Crippen MR) is 99.5 cm³/mol. The van der Waals surface area contributed by atoms with Crippen molar-refractivity contribution in [3.8, 4) is 17.3 Å². The molecule has 25 heavy (non-hydrogen) atoms. The molecule has 0 spiro atoms. The molecule has 3 rings (SSSR count). The minimum absolute atomic E-state index is 0.261. The Morgan fingerprint density at radius 2 is 2.04 bits per heavy atom. The van der Waals surface area contributed by atoms with Crippen LogP contribution in [0.25, 0.3) is 28.2 Å². The van der Waals surface area contributed by atoms with Gasteiger partial charge in [-0.15, -0.1) is 0 Å². The third-order valence-electron chi connectivity index (χ3n) is 3.79. The van der Waals surface area contributed by atoms with Crippen LogP contribution in [-0.4, -0.2) is 17.3 Å². The van der Waals surface area contributed by atoms with Crippen molar-refractivity contribution in [2.24, 2.45) is 0 Å². The normalized spacial score (nSPS) is 10.9. The van der Waals surface area contributed by atoms with Gasteiger partial charge in [0.1, 0.15) is 0 Å². The second kappa shape index (κ2) is 7.25. The largest absolute Gasteiger partial charge is 0.449 e. The van der Waals surface area contributed by atoms with Crippen molar-refractivity contribution < 1.29 is 9.53 Å². The quantitative estimate of drug-likeness (QED) is 0.586. The molecule has 0 N–H and O–H groups in total. The van der Waals surface area contributed by atoms with Crippen LogP contribution >= 0.6 is 11.6 Å². The Hall–Kier alpha value is -3.03. The van der Waals surface area contributed by atoms with Crippen LogP contribution in [0, 0.1) is 11.3 Å². The molecule has 0 fully saturated rings. The number of hydrogen-bond donors (Lipinski definition) is 0. The summed E-state index contributed by atoms with van der Waals surface area (Å²) in [5.74, 6) is 0. The standard InChI is InChI=1S/C20H15ClN2O2/c1-2-25-20(24)23-18-13-15(21)10-11-16(18)17(9-6-12-22)19(23)14-7-4-3-5-8-14/h3-11,13H,2H2,1H3/b9-6+. The van der Waals surface area contributed by atoms with E-state index in [9.17, 15) is 4.79 Å². The van der Waals surface area contributed by atoms with Crippen LogP contribution in [0.5, 0.6) is 0 Å². The van der Waals surface area contributed by atoms with Crippen molar-refractivity contribution in [1.29, 1.82) is 5.26 Å². The molecule has 1 aromatic heterocycles. The maximum atomic E-state index is 12.7. The van der Waals surface area contributed by atoms with E-state index in [4.69, 9.17) is 21.6 Å². The van der Waals surface area contributed by atoms with Gasteiger partial charge in [0.15, 0.2) is 0 Å². The number of nitrogens with zero attached hydrogens (tertiary/aromatic N) is 2. The Kier molecular flexibility index (Phi) is 4.87. The third-order valence-corrected chi connectivity index (χ3v) is 4.03. The van der Waals surface area contributed by atoms with Gasteiger partial charge in [0.05, 0.1) is 23.9 Å². The average molecular weight is 351 g/mol. The first-order valence-corrected chi connectivity index (χ1v) is 8.17. The molecule has 0 atom stereocenters. The lowest BCUT2D eigenvalue weighted by Crippen LogP contribution is -2.14. The number of ether oxygens (including phenoxy) is 1. The van der Waals surface area contributed by atoms with Crippen LogP contribution in [0.1, 0.15) is 12.5 Å². The molecule has 4 nitrogen and oxygen atoms in total. The predicted octanol–water partition coefficient (Wildman–Crippen LogP) is 5.50. The van der Waals surface area contributed by atoms with Crippen LogP contribution in [-0.2, 0) is 4.74 Å². The van der Waals surface area contributed by atoms with Crippen LogP contribution < -0.4 is 0 Å². The fraction of sp³-hybridized carbons (Fsp3) is 0.100. The van der Waals surface area contributed by atoms with Gasteiger partial charge in [0.25, 0.3) is 0 Å². The first kappa shape index (κ1) is 16.8. The first-order valence-electron chi connectivity index (χ1n) is 7.80. The molecule has 3 aromatic rings. The summed E-state index contributed by atoms with van der Waals surface area (Å²) in [4.78, 5) is 12.7. The Bertz CT molecular complexity index is 998. The summed E-state index contributed by atoms with van der Waals surface area (Å²) in [5, 5.41) is 10.3. The zero-order chi connectivity index (χ0) is 17.8. The van der Waals surface area contributed by atoms with Crippen molar-refractivity contribution >= 4 is 34.7 Å². The summed E-state index contributed by atoms with van der Waals surface area (Å²) in [7, 11) is 0. The maximum Gasteiger partial charge on any atom is 0.418 e. The van der Waals surface area contributed by atoms with Gasteiger partial charge < -0.3 is 4.74 Å². The first-order chi connectivity index (χ1) is 12.2. The smallest absolute Gasteiger partial charge is 0.418 e. The number of halogens is 1. The fourth-order valence-corrected chi connectivity index (χ4v) is 3.00. The lowest BCUT2D eigenvalue weighted by atomic mass is 10.0. The molecule has 2 aromatic carbocycles. The summed E-state index contributed by atoms with van der Waals surface area (Å²) in [6.45, 7) is 2.02. The zero-order valence-corrected chi connectivity index (χ0v) is 14.3. The molecule has 124 valence electrons. The van der Waals surface area contributed by atoms with Crippen molar-refractivity contribution in [3.63, 3.8) is 0 Å². The Balaban J connectivity index is 2.44. The topological polar surface area (TPSA) is 55.0 Å².